The van der Waals surface area contributed by atoms with Crippen molar-refractivity contribution in [2.75, 3.05) is 18.4 Å². The molecule has 1 aromatic carbocycles. The number of nitrogens with one attached hydrogen (secondary N) is 1. The number of benzene rings is 1. The van der Waals surface area contributed by atoms with Crippen LogP contribution in [0.25, 0.3) is 0 Å². The molecule has 1 aromatic rings. The van der Waals surface area contributed by atoms with Gasteiger partial charge in [-0.15, -0.1) is 0 Å². The molecule has 0 saturated carbocycles. The molecule has 0 atom stereocenters. The highest BCUT2D eigenvalue weighted by Gasteiger charge is 2.17. The number of rotatable bonds is 5. The zero-order chi connectivity index (χ0) is 14.4. The monoisotopic (exact) mass is 328 g/mol. The Bertz CT molecular complexity index is 446. The van der Waals surface area contributed by atoms with E-state index in [0.717, 1.165) is 4.47 Å². The van der Waals surface area contributed by atoms with E-state index in [1.165, 1.54) is 4.90 Å². The highest BCUT2D eigenvalue weighted by molar-refractivity contribution is 9.10. The molecule has 0 heterocycles. The molecule has 19 heavy (non-hydrogen) atoms. The predicted octanol–water partition coefficient (Wildman–Crippen LogP) is 3.02. The van der Waals surface area contributed by atoms with Crippen molar-refractivity contribution in [1.82, 2.24) is 4.90 Å². The van der Waals surface area contributed by atoms with E-state index in [9.17, 15) is 9.59 Å². The van der Waals surface area contributed by atoms with Crippen molar-refractivity contribution < 1.29 is 14.7 Å². The van der Waals surface area contributed by atoms with Gasteiger partial charge in [0.05, 0.1) is 0 Å². The third-order valence-electron chi connectivity index (χ3n) is 2.29. The van der Waals surface area contributed by atoms with Crippen LogP contribution in [0.3, 0.4) is 0 Å². The summed E-state index contributed by atoms with van der Waals surface area (Å²) in [6.07, 6.45) is 0. The topological polar surface area (TPSA) is 69.6 Å². The van der Waals surface area contributed by atoms with Crippen LogP contribution < -0.4 is 5.32 Å². The summed E-state index contributed by atoms with van der Waals surface area (Å²) in [6, 6.07) is 6.70. The maximum atomic E-state index is 12.0. The quantitative estimate of drug-likeness (QED) is 0.872. The minimum atomic E-state index is -1.02. The first-order chi connectivity index (χ1) is 8.88. The van der Waals surface area contributed by atoms with Crippen molar-refractivity contribution in [2.24, 2.45) is 5.92 Å². The van der Waals surface area contributed by atoms with E-state index in [2.05, 4.69) is 21.2 Å². The first-order valence-corrected chi connectivity index (χ1v) is 6.71. The van der Waals surface area contributed by atoms with Crippen molar-refractivity contribution in [3.05, 3.63) is 28.7 Å². The SMILES string of the molecule is CC(C)CN(CC(=O)O)C(=O)Nc1ccc(Br)cc1. The van der Waals surface area contributed by atoms with E-state index in [-0.39, 0.29) is 12.5 Å². The molecule has 1 rings (SSSR count). The van der Waals surface area contributed by atoms with Crippen LogP contribution in [0.2, 0.25) is 0 Å². The number of carbonyl (C=O) groups is 2. The lowest BCUT2D eigenvalue weighted by Crippen LogP contribution is -2.40. The van der Waals surface area contributed by atoms with Crippen molar-refractivity contribution in [3.63, 3.8) is 0 Å². The zero-order valence-corrected chi connectivity index (χ0v) is 12.5. The molecule has 0 aromatic heterocycles. The number of carboxylic acids is 1. The maximum Gasteiger partial charge on any atom is 0.323 e. The Hall–Kier alpha value is -1.56. The Morgan fingerprint density at radius 1 is 1.32 bits per heavy atom. The number of amides is 2. The van der Waals surface area contributed by atoms with Gasteiger partial charge in [0.1, 0.15) is 6.54 Å². The average molecular weight is 329 g/mol. The third-order valence-corrected chi connectivity index (χ3v) is 2.82. The summed E-state index contributed by atoms with van der Waals surface area (Å²) >= 11 is 3.31. The van der Waals surface area contributed by atoms with Crippen LogP contribution in [0.1, 0.15) is 13.8 Å². The van der Waals surface area contributed by atoms with Gasteiger partial charge < -0.3 is 15.3 Å². The van der Waals surface area contributed by atoms with E-state index >= 15 is 0 Å². The summed E-state index contributed by atoms with van der Waals surface area (Å²) in [6.45, 7) is 3.96. The fourth-order valence-electron chi connectivity index (χ4n) is 1.56. The fraction of sp³-hybridized carbons (Fsp3) is 0.385. The van der Waals surface area contributed by atoms with Gasteiger partial charge in [-0.05, 0) is 30.2 Å². The highest BCUT2D eigenvalue weighted by atomic mass is 79.9. The van der Waals surface area contributed by atoms with Gasteiger partial charge in [0, 0.05) is 16.7 Å². The van der Waals surface area contributed by atoms with Crippen molar-refractivity contribution in [2.45, 2.75) is 13.8 Å². The van der Waals surface area contributed by atoms with Gasteiger partial charge in [-0.25, -0.2) is 4.79 Å². The molecule has 0 fully saturated rings. The molecule has 0 aliphatic rings. The summed E-state index contributed by atoms with van der Waals surface area (Å²) in [5.74, 6) is -0.818. The minimum absolute atomic E-state index is 0.204. The molecule has 104 valence electrons. The molecule has 0 saturated heterocycles. The summed E-state index contributed by atoms with van der Waals surface area (Å²) in [4.78, 5) is 24.1. The first kappa shape index (κ1) is 15.5. The summed E-state index contributed by atoms with van der Waals surface area (Å²) < 4.78 is 0.912. The fourth-order valence-corrected chi connectivity index (χ4v) is 1.82. The third kappa shape index (κ3) is 5.74. The van der Waals surface area contributed by atoms with Gasteiger partial charge in [-0.3, -0.25) is 4.79 Å². The Balaban J connectivity index is 2.70. The summed E-state index contributed by atoms with van der Waals surface area (Å²) in [5.41, 5.74) is 0.632. The molecule has 0 unspecified atom stereocenters. The van der Waals surface area contributed by atoms with Gasteiger partial charge in [0.25, 0.3) is 0 Å². The Morgan fingerprint density at radius 3 is 2.37 bits per heavy atom. The first-order valence-electron chi connectivity index (χ1n) is 5.91. The van der Waals surface area contributed by atoms with Crippen LogP contribution in [0.15, 0.2) is 28.7 Å². The van der Waals surface area contributed by atoms with E-state index in [1.54, 1.807) is 24.3 Å². The van der Waals surface area contributed by atoms with Gasteiger partial charge in [-0.2, -0.15) is 0 Å². The second kappa shape index (κ2) is 7.13. The van der Waals surface area contributed by atoms with Crippen LogP contribution in [-0.2, 0) is 4.79 Å². The van der Waals surface area contributed by atoms with E-state index in [0.29, 0.717) is 12.2 Å². The molecular formula is C13H17BrN2O3. The van der Waals surface area contributed by atoms with Crippen molar-refractivity contribution in [3.8, 4) is 0 Å². The second-order valence-electron chi connectivity index (χ2n) is 4.61. The molecule has 5 nitrogen and oxygen atoms in total. The lowest BCUT2D eigenvalue weighted by molar-refractivity contribution is -0.137. The average Bonchev–Trinajstić information content (AvgIpc) is 2.30. The van der Waals surface area contributed by atoms with Crippen LogP contribution in [-0.4, -0.2) is 35.1 Å². The van der Waals surface area contributed by atoms with Crippen LogP contribution >= 0.6 is 15.9 Å². The Kier molecular flexibility index (Phi) is 5.82. The number of aliphatic carboxylic acids is 1. The number of carboxylic acid groups (broad SMARTS) is 1. The minimum Gasteiger partial charge on any atom is -0.480 e. The lowest BCUT2D eigenvalue weighted by Gasteiger charge is -2.23. The number of carbonyl (C=O) groups excluding carboxylic acids is 1. The number of hydrogen-bond acceptors (Lipinski definition) is 2. The van der Waals surface area contributed by atoms with Crippen LogP contribution in [0, 0.1) is 5.92 Å². The highest BCUT2D eigenvalue weighted by Crippen LogP contribution is 2.14. The summed E-state index contributed by atoms with van der Waals surface area (Å²) in [7, 11) is 0. The van der Waals surface area contributed by atoms with Gasteiger partial charge in [0.15, 0.2) is 0 Å². The van der Waals surface area contributed by atoms with Gasteiger partial charge in [0.2, 0.25) is 0 Å². The largest absolute Gasteiger partial charge is 0.480 e. The number of urea groups is 1. The molecule has 6 heteroatoms. The maximum absolute atomic E-state index is 12.0. The molecule has 0 spiro atoms. The van der Waals surface area contributed by atoms with Crippen LogP contribution in [0.4, 0.5) is 10.5 Å². The zero-order valence-electron chi connectivity index (χ0n) is 10.9. The molecule has 0 bridgehead atoms. The molecule has 2 N–H and O–H groups in total. The summed E-state index contributed by atoms with van der Waals surface area (Å²) in [5, 5.41) is 11.5. The van der Waals surface area contributed by atoms with E-state index < -0.39 is 12.0 Å². The van der Waals surface area contributed by atoms with E-state index in [1.807, 2.05) is 13.8 Å². The van der Waals surface area contributed by atoms with Gasteiger partial charge in [-0.1, -0.05) is 29.8 Å². The predicted molar refractivity (Wildman–Crippen MR) is 77.2 cm³/mol. The van der Waals surface area contributed by atoms with Crippen molar-refractivity contribution >= 4 is 33.6 Å². The van der Waals surface area contributed by atoms with Gasteiger partial charge >= 0.3 is 12.0 Å². The smallest absolute Gasteiger partial charge is 0.323 e. The van der Waals surface area contributed by atoms with Crippen molar-refractivity contribution in [1.29, 1.82) is 0 Å². The molecular weight excluding hydrogens is 312 g/mol. The standard InChI is InChI=1S/C13H17BrN2O3/c1-9(2)7-16(8-12(17)18)13(19)15-11-5-3-10(14)4-6-11/h3-6,9H,7-8H2,1-2H3,(H,15,19)(H,17,18). The van der Waals surface area contributed by atoms with Crippen LogP contribution in [0.5, 0.6) is 0 Å². The molecule has 0 aliphatic carbocycles. The molecule has 0 aliphatic heterocycles. The normalized spacial score (nSPS) is 10.3. The number of anilines is 1. The number of nitrogens with zero attached hydrogens (tertiary/aromatic N) is 1. The number of hydrogen-bond donors (Lipinski definition) is 2. The molecule has 2 amide bonds. The lowest BCUT2D eigenvalue weighted by atomic mass is 10.2. The van der Waals surface area contributed by atoms with E-state index in [4.69, 9.17) is 5.11 Å². The second-order valence-corrected chi connectivity index (χ2v) is 5.52. The Labute approximate surface area is 120 Å². The Morgan fingerprint density at radius 2 is 1.89 bits per heavy atom. The molecule has 0 radical (unpaired) electrons. The number of halogens is 1.